The molecule has 0 amide bonds. The normalized spacial score (nSPS) is 41.2. The van der Waals surface area contributed by atoms with Crippen LogP contribution in [0.15, 0.2) is 0 Å². The maximum Gasteiger partial charge on any atom is 0.0938 e. The zero-order valence-corrected chi connectivity index (χ0v) is 9.52. The molecule has 2 rings (SSSR count). The van der Waals surface area contributed by atoms with E-state index in [2.05, 4.69) is 18.7 Å². The van der Waals surface area contributed by atoms with Crippen molar-refractivity contribution >= 4 is 0 Å². The molecule has 0 spiro atoms. The Kier molecular flexibility index (Phi) is 3.03. The number of aliphatic hydroxyl groups is 2. The summed E-state index contributed by atoms with van der Waals surface area (Å²) in [7, 11) is 0. The molecule has 0 aromatic heterocycles. The smallest absolute Gasteiger partial charge is 0.0938 e. The Balaban J connectivity index is 1.79. The van der Waals surface area contributed by atoms with E-state index in [9.17, 15) is 10.2 Å². The van der Waals surface area contributed by atoms with Gasteiger partial charge >= 0.3 is 0 Å². The van der Waals surface area contributed by atoms with Crippen LogP contribution in [0.25, 0.3) is 0 Å². The molecule has 4 nitrogen and oxygen atoms in total. The largest absolute Gasteiger partial charge is 0.389 e. The van der Waals surface area contributed by atoms with Gasteiger partial charge in [0.15, 0.2) is 0 Å². The van der Waals surface area contributed by atoms with Gasteiger partial charge in [0.05, 0.1) is 23.9 Å². The van der Waals surface area contributed by atoms with Gasteiger partial charge in [-0.15, -0.1) is 0 Å². The summed E-state index contributed by atoms with van der Waals surface area (Å²) in [6, 6.07) is 0. The number of hydrogen-bond acceptors (Lipinski definition) is 4. The quantitative estimate of drug-likeness (QED) is 0.680. The van der Waals surface area contributed by atoms with E-state index in [1.165, 1.54) is 0 Å². The zero-order valence-electron chi connectivity index (χ0n) is 9.52. The molecule has 2 aliphatic rings. The number of β-amino-alcohol motifs (C(OH)–C–C–N with tert-alkyl or cyclic N) is 2. The molecule has 1 unspecified atom stereocenters. The van der Waals surface area contributed by atoms with Crippen molar-refractivity contribution in [2.45, 2.75) is 50.6 Å². The van der Waals surface area contributed by atoms with Crippen LogP contribution in [0.2, 0.25) is 0 Å². The van der Waals surface area contributed by atoms with Gasteiger partial charge in [-0.25, -0.2) is 0 Å². The van der Waals surface area contributed by atoms with E-state index in [4.69, 9.17) is 4.74 Å². The Hall–Kier alpha value is -0.160. The predicted octanol–water partition coefficient (Wildman–Crippen LogP) is -0.0186. The van der Waals surface area contributed by atoms with Gasteiger partial charge in [0.25, 0.3) is 0 Å². The minimum absolute atomic E-state index is 0.00161. The summed E-state index contributed by atoms with van der Waals surface area (Å²) in [6.07, 6.45) is 1.27. The minimum Gasteiger partial charge on any atom is -0.389 e. The molecule has 0 radical (unpaired) electrons. The van der Waals surface area contributed by atoms with Crippen LogP contribution < -0.4 is 0 Å². The number of nitrogens with zero attached hydrogens (tertiary/aromatic N) is 1. The lowest BCUT2D eigenvalue weighted by molar-refractivity contribution is -0.0274. The van der Waals surface area contributed by atoms with Crippen LogP contribution in [0.3, 0.4) is 0 Å². The SMILES string of the molecule is CC1(C)CCC(CN2C[C@@H](O)[C@@H](O)C2)O1. The molecule has 0 aliphatic carbocycles. The average Bonchev–Trinajstić information content (AvgIpc) is 2.58. The summed E-state index contributed by atoms with van der Waals surface area (Å²) < 4.78 is 5.88. The van der Waals surface area contributed by atoms with Crippen LogP contribution in [0.4, 0.5) is 0 Å². The van der Waals surface area contributed by atoms with Crippen LogP contribution in [-0.4, -0.2) is 58.7 Å². The second-order valence-electron chi connectivity index (χ2n) is 5.39. The van der Waals surface area contributed by atoms with Crippen molar-refractivity contribution in [3.8, 4) is 0 Å². The Morgan fingerprint density at radius 3 is 2.33 bits per heavy atom. The van der Waals surface area contributed by atoms with E-state index in [1.54, 1.807) is 0 Å². The molecule has 2 N–H and O–H groups in total. The van der Waals surface area contributed by atoms with Gasteiger partial charge < -0.3 is 14.9 Å². The van der Waals surface area contributed by atoms with E-state index in [-0.39, 0.29) is 11.7 Å². The average molecular weight is 215 g/mol. The molecule has 2 fully saturated rings. The lowest BCUT2D eigenvalue weighted by Gasteiger charge is -2.23. The van der Waals surface area contributed by atoms with Crippen molar-refractivity contribution in [3.63, 3.8) is 0 Å². The van der Waals surface area contributed by atoms with Gasteiger partial charge in [0.1, 0.15) is 0 Å². The Morgan fingerprint density at radius 2 is 1.87 bits per heavy atom. The zero-order chi connectivity index (χ0) is 11.1. The number of rotatable bonds is 2. The topological polar surface area (TPSA) is 52.9 Å². The van der Waals surface area contributed by atoms with Crippen LogP contribution in [-0.2, 0) is 4.74 Å². The number of hydrogen-bond donors (Lipinski definition) is 2. The predicted molar refractivity (Wildman–Crippen MR) is 56.6 cm³/mol. The molecule has 0 aromatic carbocycles. The molecular weight excluding hydrogens is 194 g/mol. The molecule has 15 heavy (non-hydrogen) atoms. The third-order valence-electron chi connectivity index (χ3n) is 3.35. The van der Waals surface area contributed by atoms with Crippen molar-refractivity contribution in [1.82, 2.24) is 4.90 Å². The molecular formula is C11H21NO3. The third kappa shape index (κ3) is 2.69. The van der Waals surface area contributed by atoms with E-state index in [0.717, 1.165) is 19.4 Å². The first kappa shape index (κ1) is 11.3. The fourth-order valence-corrected chi connectivity index (χ4v) is 2.49. The summed E-state index contributed by atoms with van der Waals surface area (Å²) >= 11 is 0. The van der Waals surface area contributed by atoms with Crippen molar-refractivity contribution in [2.75, 3.05) is 19.6 Å². The van der Waals surface area contributed by atoms with E-state index in [1.807, 2.05) is 0 Å². The first-order valence-corrected chi connectivity index (χ1v) is 5.72. The lowest BCUT2D eigenvalue weighted by atomic mass is 10.1. The summed E-state index contributed by atoms with van der Waals surface area (Å²) in [5.41, 5.74) is 0.00161. The fraction of sp³-hybridized carbons (Fsp3) is 1.00. The highest BCUT2D eigenvalue weighted by Gasteiger charge is 2.36. The van der Waals surface area contributed by atoms with Crippen LogP contribution in [0, 0.1) is 0 Å². The highest BCUT2D eigenvalue weighted by Crippen LogP contribution is 2.30. The molecule has 2 heterocycles. The third-order valence-corrected chi connectivity index (χ3v) is 3.35. The van der Waals surface area contributed by atoms with Gasteiger partial charge in [0, 0.05) is 19.6 Å². The molecule has 88 valence electrons. The lowest BCUT2D eigenvalue weighted by Crippen LogP contribution is -2.33. The van der Waals surface area contributed by atoms with E-state index < -0.39 is 12.2 Å². The summed E-state index contributed by atoms with van der Waals surface area (Å²) in [6.45, 7) is 6.20. The first-order chi connectivity index (χ1) is 6.96. The summed E-state index contributed by atoms with van der Waals surface area (Å²) in [5.74, 6) is 0. The molecule has 4 heteroatoms. The minimum atomic E-state index is -0.584. The van der Waals surface area contributed by atoms with Crippen LogP contribution in [0.5, 0.6) is 0 Å². The molecule has 2 aliphatic heterocycles. The first-order valence-electron chi connectivity index (χ1n) is 5.72. The Morgan fingerprint density at radius 1 is 1.27 bits per heavy atom. The Bertz CT molecular complexity index is 222. The summed E-state index contributed by atoms with van der Waals surface area (Å²) in [4.78, 5) is 2.08. The highest BCUT2D eigenvalue weighted by atomic mass is 16.5. The van der Waals surface area contributed by atoms with Crippen molar-refractivity contribution < 1.29 is 14.9 Å². The van der Waals surface area contributed by atoms with Crippen molar-refractivity contribution in [1.29, 1.82) is 0 Å². The van der Waals surface area contributed by atoms with Gasteiger partial charge in [-0.05, 0) is 26.7 Å². The highest BCUT2D eigenvalue weighted by molar-refractivity contribution is 4.88. The van der Waals surface area contributed by atoms with Crippen molar-refractivity contribution in [2.24, 2.45) is 0 Å². The van der Waals surface area contributed by atoms with E-state index in [0.29, 0.717) is 13.1 Å². The number of likely N-dealkylation sites (tertiary alicyclic amines) is 1. The fourth-order valence-electron chi connectivity index (χ4n) is 2.49. The molecule has 0 saturated carbocycles. The number of ether oxygens (including phenoxy) is 1. The van der Waals surface area contributed by atoms with Crippen LogP contribution in [0.1, 0.15) is 26.7 Å². The maximum absolute atomic E-state index is 9.41. The monoisotopic (exact) mass is 215 g/mol. The molecule has 3 atom stereocenters. The second kappa shape index (κ2) is 4.01. The van der Waals surface area contributed by atoms with Gasteiger partial charge in [0.2, 0.25) is 0 Å². The summed E-state index contributed by atoms with van der Waals surface area (Å²) in [5, 5.41) is 18.8. The van der Waals surface area contributed by atoms with Gasteiger partial charge in [-0.1, -0.05) is 0 Å². The van der Waals surface area contributed by atoms with Crippen LogP contribution >= 0.6 is 0 Å². The maximum atomic E-state index is 9.41. The number of aliphatic hydroxyl groups excluding tert-OH is 2. The standard InChI is InChI=1S/C11H21NO3/c1-11(2)4-3-8(15-11)5-12-6-9(13)10(14)7-12/h8-10,13-14H,3-7H2,1-2H3/t8?,9-,10+. The van der Waals surface area contributed by atoms with Gasteiger partial charge in [-0.2, -0.15) is 0 Å². The van der Waals surface area contributed by atoms with Gasteiger partial charge in [-0.3, -0.25) is 4.90 Å². The molecule has 2 saturated heterocycles. The Labute approximate surface area is 90.8 Å². The van der Waals surface area contributed by atoms with Crippen molar-refractivity contribution in [3.05, 3.63) is 0 Å². The molecule has 0 aromatic rings. The molecule has 0 bridgehead atoms. The second-order valence-corrected chi connectivity index (χ2v) is 5.39. The van der Waals surface area contributed by atoms with E-state index >= 15 is 0 Å².